The predicted octanol–water partition coefficient (Wildman–Crippen LogP) is 3.53. The standard InChI is InChI=1S/C24H25ClN4O4S/c1-26-24-29(20(16-34-24)18-4-3-5-19(25)13-18)27-14-17-6-7-21(22(12-17)31-2)33-15-23(30)28-8-10-32-11-9-28/h3-7,12-14,16H,8-11,15H2,1-2H3/b26-24?,27-14-. The van der Waals surface area contributed by atoms with Crippen LogP contribution in [0.25, 0.3) is 11.3 Å². The lowest BCUT2D eigenvalue weighted by Gasteiger charge is -2.26. The minimum Gasteiger partial charge on any atom is -0.493 e. The van der Waals surface area contributed by atoms with Crippen LogP contribution in [-0.2, 0) is 9.53 Å². The number of morpholine rings is 1. The van der Waals surface area contributed by atoms with E-state index in [4.69, 9.17) is 25.8 Å². The van der Waals surface area contributed by atoms with E-state index in [-0.39, 0.29) is 12.5 Å². The van der Waals surface area contributed by atoms with Crippen molar-refractivity contribution in [2.45, 2.75) is 0 Å². The largest absolute Gasteiger partial charge is 0.493 e. The van der Waals surface area contributed by atoms with Crippen LogP contribution in [0.5, 0.6) is 11.5 Å². The number of halogens is 1. The predicted molar refractivity (Wildman–Crippen MR) is 133 cm³/mol. The number of methoxy groups -OCH3 is 1. The average molecular weight is 501 g/mol. The van der Waals surface area contributed by atoms with Crippen LogP contribution in [0.2, 0.25) is 5.02 Å². The van der Waals surface area contributed by atoms with Gasteiger partial charge in [0.05, 0.1) is 32.2 Å². The molecule has 178 valence electrons. The SMILES string of the molecule is CN=c1scc(-c2cccc(Cl)c2)n1/N=C\c1ccc(OCC(=O)N2CCOCC2)c(OC)c1. The van der Waals surface area contributed by atoms with Gasteiger partial charge in [-0.15, -0.1) is 11.3 Å². The van der Waals surface area contributed by atoms with Crippen LogP contribution in [0.15, 0.2) is 57.9 Å². The van der Waals surface area contributed by atoms with Gasteiger partial charge in [0.25, 0.3) is 5.91 Å². The molecule has 0 N–H and O–H groups in total. The quantitative estimate of drug-likeness (QED) is 0.465. The molecule has 4 rings (SSSR count). The third kappa shape index (κ3) is 5.67. The summed E-state index contributed by atoms with van der Waals surface area (Å²) in [6.07, 6.45) is 1.72. The molecule has 1 fully saturated rings. The summed E-state index contributed by atoms with van der Waals surface area (Å²) in [6, 6.07) is 13.0. The van der Waals surface area contributed by atoms with Crippen LogP contribution >= 0.6 is 22.9 Å². The number of carbonyl (C=O) groups excluding carboxylic acids is 1. The Bertz CT molecular complexity index is 1250. The lowest BCUT2D eigenvalue weighted by Crippen LogP contribution is -2.43. The molecule has 0 radical (unpaired) electrons. The van der Waals surface area contributed by atoms with E-state index in [1.54, 1.807) is 36.0 Å². The van der Waals surface area contributed by atoms with Crippen molar-refractivity contribution in [1.29, 1.82) is 0 Å². The van der Waals surface area contributed by atoms with Crippen LogP contribution < -0.4 is 14.3 Å². The molecular formula is C24H25ClN4O4S. The van der Waals surface area contributed by atoms with Crippen LogP contribution in [0.1, 0.15) is 5.56 Å². The molecule has 1 aromatic heterocycles. The van der Waals surface area contributed by atoms with Gasteiger partial charge in [-0.25, -0.2) is 4.68 Å². The summed E-state index contributed by atoms with van der Waals surface area (Å²) in [5.74, 6) is 0.937. The van der Waals surface area contributed by atoms with Gasteiger partial charge in [0.2, 0.25) is 4.80 Å². The fraction of sp³-hybridized carbons (Fsp3) is 0.292. The molecule has 0 aliphatic carbocycles. The third-order valence-electron chi connectivity index (χ3n) is 5.22. The fourth-order valence-corrected chi connectivity index (χ4v) is 4.45. The number of rotatable bonds is 7. The van der Waals surface area contributed by atoms with Crippen LogP contribution in [0, 0.1) is 0 Å². The number of ether oxygens (including phenoxy) is 3. The number of benzene rings is 2. The fourth-order valence-electron chi connectivity index (χ4n) is 3.46. The minimum absolute atomic E-state index is 0.0566. The number of hydrogen-bond acceptors (Lipinski definition) is 7. The van der Waals surface area contributed by atoms with Gasteiger partial charge in [0.15, 0.2) is 18.1 Å². The second-order valence-electron chi connectivity index (χ2n) is 7.39. The Morgan fingerprint density at radius 1 is 1.21 bits per heavy atom. The molecule has 1 amide bonds. The van der Waals surface area contributed by atoms with Crippen molar-refractivity contribution in [1.82, 2.24) is 9.58 Å². The molecule has 0 unspecified atom stereocenters. The number of amides is 1. The number of carbonyl (C=O) groups is 1. The van der Waals surface area contributed by atoms with Crippen molar-refractivity contribution in [2.24, 2.45) is 10.1 Å². The first-order valence-corrected chi connectivity index (χ1v) is 11.9. The van der Waals surface area contributed by atoms with Gasteiger partial charge in [0.1, 0.15) is 0 Å². The van der Waals surface area contributed by atoms with Gasteiger partial charge in [-0.2, -0.15) is 5.10 Å². The van der Waals surface area contributed by atoms with E-state index in [1.165, 1.54) is 11.3 Å². The highest BCUT2D eigenvalue weighted by Gasteiger charge is 2.18. The minimum atomic E-state index is -0.0748. The van der Waals surface area contributed by atoms with E-state index >= 15 is 0 Å². The summed E-state index contributed by atoms with van der Waals surface area (Å²) in [5, 5.41) is 7.30. The van der Waals surface area contributed by atoms with E-state index < -0.39 is 0 Å². The molecule has 8 nitrogen and oxygen atoms in total. The highest BCUT2D eigenvalue weighted by atomic mass is 35.5. The second-order valence-corrected chi connectivity index (χ2v) is 8.66. The monoisotopic (exact) mass is 500 g/mol. The maximum Gasteiger partial charge on any atom is 0.260 e. The molecule has 0 bridgehead atoms. The molecule has 1 aliphatic heterocycles. The number of aromatic nitrogens is 1. The molecule has 0 spiro atoms. The topological polar surface area (TPSA) is 77.7 Å². The maximum atomic E-state index is 12.4. The van der Waals surface area contributed by atoms with Crippen LogP contribution in [0.3, 0.4) is 0 Å². The van der Waals surface area contributed by atoms with Crippen LogP contribution in [-0.4, -0.2) is 68.8 Å². The zero-order valence-corrected chi connectivity index (χ0v) is 20.5. The average Bonchev–Trinajstić information content (AvgIpc) is 3.29. The molecule has 0 saturated carbocycles. The Hall–Kier alpha value is -3.14. The molecule has 34 heavy (non-hydrogen) atoms. The van der Waals surface area contributed by atoms with Gasteiger partial charge in [-0.1, -0.05) is 23.7 Å². The Labute approximate surface area is 206 Å². The Balaban J connectivity index is 1.52. The van der Waals surface area contributed by atoms with E-state index in [0.717, 1.165) is 21.6 Å². The summed E-state index contributed by atoms with van der Waals surface area (Å²) in [6.45, 7) is 2.21. The lowest BCUT2D eigenvalue weighted by atomic mass is 10.2. The Morgan fingerprint density at radius 2 is 2.03 bits per heavy atom. The lowest BCUT2D eigenvalue weighted by molar-refractivity contribution is -0.137. The molecule has 2 aromatic carbocycles. The zero-order chi connectivity index (χ0) is 23.9. The normalized spacial score (nSPS) is 14.6. The van der Waals surface area contributed by atoms with Crippen molar-refractivity contribution < 1.29 is 19.0 Å². The van der Waals surface area contributed by atoms with Gasteiger partial charge < -0.3 is 19.1 Å². The summed E-state index contributed by atoms with van der Waals surface area (Å²) < 4.78 is 18.3. The molecule has 3 aromatic rings. The van der Waals surface area contributed by atoms with E-state index in [9.17, 15) is 4.79 Å². The van der Waals surface area contributed by atoms with Gasteiger partial charge in [0, 0.05) is 36.1 Å². The molecule has 1 saturated heterocycles. The molecule has 1 aliphatic rings. The van der Waals surface area contributed by atoms with Gasteiger partial charge in [-0.3, -0.25) is 9.79 Å². The van der Waals surface area contributed by atoms with Gasteiger partial charge in [-0.05, 0) is 35.9 Å². The van der Waals surface area contributed by atoms with E-state index in [0.29, 0.717) is 42.8 Å². The van der Waals surface area contributed by atoms with Crippen molar-refractivity contribution in [3.8, 4) is 22.8 Å². The highest BCUT2D eigenvalue weighted by molar-refractivity contribution is 7.07. The Morgan fingerprint density at radius 3 is 2.76 bits per heavy atom. The number of nitrogens with zero attached hydrogens (tertiary/aromatic N) is 4. The molecular weight excluding hydrogens is 476 g/mol. The van der Waals surface area contributed by atoms with Gasteiger partial charge >= 0.3 is 0 Å². The molecule has 10 heteroatoms. The summed E-state index contributed by atoms with van der Waals surface area (Å²) in [5.41, 5.74) is 2.64. The van der Waals surface area contributed by atoms with Crippen molar-refractivity contribution in [3.63, 3.8) is 0 Å². The second kappa shape index (κ2) is 11.3. The molecule has 0 atom stereocenters. The smallest absolute Gasteiger partial charge is 0.260 e. The number of thiazole rings is 1. The first kappa shape index (κ1) is 24.0. The Kier molecular flexibility index (Phi) is 7.99. The summed E-state index contributed by atoms with van der Waals surface area (Å²) in [4.78, 5) is 19.2. The third-order valence-corrected chi connectivity index (χ3v) is 6.36. The highest BCUT2D eigenvalue weighted by Crippen LogP contribution is 2.28. The summed E-state index contributed by atoms with van der Waals surface area (Å²) in [7, 11) is 3.29. The summed E-state index contributed by atoms with van der Waals surface area (Å²) >= 11 is 7.67. The van der Waals surface area contributed by atoms with E-state index in [2.05, 4.69) is 10.1 Å². The molecule has 2 heterocycles. The maximum absolute atomic E-state index is 12.4. The zero-order valence-electron chi connectivity index (χ0n) is 18.9. The van der Waals surface area contributed by atoms with Crippen molar-refractivity contribution in [2.75, 3.05) is 47.1 Å². The van der Waals surface area contributed by atoms with Crippen molar-refractivity contribution in [3.05, 3.63) is 63.2 Å². The van der Waals surface area contributed by atoms with Crippen LogP contribution in [0.4, 0.5) is 0 Å². The number of hydrogen-bond donors (Lipinski definition) is 0. The first-order chi connectivity index (χ1) is 16.6. The van der Waals surface area contributed by atoms with E-state index in [1.807, 2.05) is 41.8 Å². The van der Waals surface area contributed by atoms with Crippen molar-refractivity contribution >= 4 is 35.1 Å². The first-order valence-electron chi connectivity index (χ1n) is 10.7.